The molecule has 0 aliphatic rings. The smallest absolute Gasteiger partial charge is 0.0738 e. The summed E-state index contributed by atoms with van der Waals surface area (Å²) >= 11 is 9.36. The van der Waals surface area contributed by atoms with E-state index in [2.05, 4.69) is 20.9 Å². The molecule has 0 saturated heterocycles. The molecule has 1 aromatic heterocycles. The van der Waals surface area contributed by atoms with Gasteiger partial charge in [0.15, 0.2) is 0 Å². The first-order chi connectivity index (χ1) is 7.18. The highest BCUT2D eigenvalue weighted by atomic mass is 79.9. The van der Waals surface area contributed by atoms with Crippen LogP contribution in [0.25, 0.3) is 11.3 Å². The molecule has 0 atom stereocenters. The number of nitrogens with two attached hydrogens (primary N) is 1. The van der Waals surface area contributed by atoms with Gasteiger partial charge in [-0.25, -0.2) is 0 Å². The van der Waals surface area contributed by atoms with Gasteiger partial charge in [0.2, 0.25) is 0 Å². The lowest BCUT2D eigenvalue weighted by atomic mass is 10.1. The van der Waals surface area contributed by atoms with Crippen LogP contribution in [0.2, 0.25) is 5.02 Å². The molecule has 0 saturated carbocycles. The summed E-state index contributed by atoms with van der Waals surface area (Å²) in [5.41, 5.74) is 8.10. The summed E-state index contributed by atoms with van der Waals surface area (Å²) < 4.78 is 0.790. The molecule has 1 heterocycles. The summed E-state index contributed by atoms with van der Waals surface area (Å²) in [7, 11) is 0. The van der Waals surface area contributed by atoms with Crippen LogP contribution in [0.5, 0.6) is 0 Å². The van der Waals surface area contributed by atoms with Crippen molar-refractivity contribution >= 4 is 33.2 Å². The summed E-state index contributed by atoms with van der Waals surface area (Å²) in [5, 5.41) is 0.673. The third kappa shape index (κ3) is 2.13. The zero-order valence-electron chi connectivity index (χ0n) is 7.74. The Kier molecular flexibility index (Phi) is 2.93. The SMILES string of the molecule is Nc1cc(-c2ccccc2Cl)ncc1Br. The normalized spacial score (nSPS) is 10.3. The van der Waals surface area contributed by atoms with Gasteiger partial charge in [0.25, 0.3) is 0 Å². The van der Waals surface area contributed by atoms with Gasteiger partial charge in [0.1, 0.15) is 0 Å². The average Bonchev–Trinajstić information content (AvgIpc) is 2.23. The Morgan fingerprint density at radius 3 is 2.67 bits per heavy atom. The number of nitrogens with zero attached hydrogens (tertiary/aromatic N) is 1. The first-order valence-corrected chi connectivity index (χ1v) is 5.51. The van der Waals surface area contributed by atoms with Crippen LogP contribution in [0.3, 0.4) is 0 Å². The maximum Gasteiger partial charge on any atom is 0.0738 e. The number of pyridine rings is 1. The van der Waals surface area contributed by atoms with Gasteiger partial charge in [-0.3, -0.25) is 4.98 Å². The zero-order valence-corrected chi connectivity index (χ0v) is 10.1. The third-order valence-corrected chi connectivity index (χ3v) is 3.03. The summed E-state index contributed by atoms with van der Waals surface area (Å²) in [5.74, 6) is 0. The molecule has 4 heteroatoms. The number of aromatic nitrogens is 1. The number of hydrogen-bond acceptors (Lipinski definition) is 2. The van der Waals surface area contributed by atoms with E-state index < -0.39 is 0 Å². The van der Waals surface area contributed by atoms with Crippen molar-refractivity contribution in [2.24, 2.45) is 0 Å². The predicted octanol–water partition coefficient (Wildman–Crippen LogP) is 3.75. The number of halogens is 2. The number of nitrogen functional groups attached to an aromatic ring is 1. The molecule has 15 heavy (non-hydrogen) atoms. The second-order valence-corrected chi connectivity index (χ2v) is 4.33. The second-order valence-electron chi connectivity index (χ2n) is 3.07. The molecular weight excluding hydrogens is 275 g/mol. The molecule has 76 valence electrons. The summed E-state index contributed by atoms with van der Waals surface area (Å²) in [6.07, 6.45) is 1.67. The standard InChI is InChI=1S/C11H8BrClN2/c12-8-6-15-11(5-10(8)14)7-3-1-2-4-9(7)13/h1-6H,(H2,14,15). The lowest BCUT2D eigenvalue weighted by molar-refractivity contribution is 1.31. The molecule has 2 aromatic rings. The predicted molar refractivity (Wildman–Crippen MR) is 66.8 cm³/mol. The van der Waals surface area contributed by atoms with Gasteiger partial charge < -0.3 is 5.73 Å². The van der Waals surface area contributed by atoms with Crippen LogP contribution < -0.4 is 5.73 Å². The first kappa shape index (κ1) is 10.5. The zero-order chi connectivity index (χ0) is 10.8. The van der Waals surface area contributed by atoms with Crippen LogP contribution >= 0.6 is 27.5 Å². The Bertz CT molecular complexity index is 500. The van der Waals surface area contributed by atoms with Crippen molar-refractivity contribution in [3.63, 3.8) is 0 Å². The molecule has 2 N–H and O–H groups in total. The summed E-state index contributed by atoms with van der Waals surface area (Å²) in [6, 6.07) is 9.34. The number of anilines is 1. The Morgan fingerprint density at radius 2 is 2.00 bits per heavy atom. The number of rotatable bonds is 1. The molecule has 2 nitrogen and oxygen atoms in total. The fourth-order valence-electron chi connectivity index (χ4n) is 1.27. The largest absolute Gasteiger partial charge is 0.398 e. The van der Waals surface area contributed by atoms with Crippen LogP contribution in [0.4, 0.5) is 5.69 Å². The Morgan fingerprint density at radius 1 is 1.27 bits per heavy atom. The van der Waals surface area contributed by atoms with Crippen LogP contribution in [-0.2, 0) is 0 Å². The molecular formula is C11H8BrClN2. The molecule has 2 rings (SSSR count). The molecule has 0 spiro atoms. The molecule has 0 amide bonds. The number of hydrogen-bond donors (Lipinski definition) is 1. The molecule has 0 bridgehead atoms. The van der Waals surface area contributed by atoms with Crippen molar-refractivity contribution in [3.8, 4) is 11.3 Å². The van der Waals surface area contributed by atoms with E-state index in [1.165, 1.54) is 0 Å². The van der Waals surface area contributed by atoms with E-state index in [-0.39, 0.29) is 0 Å². The minimum Gasteiger partial charge on any atom is -0.398 e. The van der Waals surface area contributed by atoms with Gasteiger partial charge in [-0.1, -0.05) is 29.8 Å². The van der Waals surface area contributed by atoms with E-state index >= 15 is 0 Å². The Labute approximate surface area is 101 Å². The van der Waals surface area contributed by atoms with Crippen molar-refractivity contribution in [2.75, 3.05) is 5.73 Å². The second kappa shape index (κ2) is 4.21. The summed E-state index contributed by atoms with van der Waals surface area (Å²) in [6.45, 7) is 0. The Balaban J connectivity index is 2.55. The van der Waals surface area contributed by atoms with Gasteiger partial charge in [-0.15, -0.1) is 0 Å². The van der Waals surface area contributed by atoms with E-state index in [4.69, 9.17) is 17.3 Å². The van der Waals surface area contributed by atoms with Crippen LogP contribution in [0.15, 0.2) is 41.0 Å². The number of benzene rings is 1. The van der Waals surface area contributed by atoms with E-state index in [1.807, 2.05) is 24.3 Å². The average molecular weight is 284 g/mol. The lowest BCUT2D eigenvalue weighted by Gasteiger charge is -2.05. The minimum atomic E-state index is 0.653. The van der Waals surface area contributed by atoms with Gasteiger partial charge >= 0.3 is 0 Å². The van der Waals surface area contributed by atoms with E-state index in [1.54, 1.807) is 12.3 Å². The van der Waals surface area contributed by atoms with Gasteiger partial charge in [-0.2, -0.15) is 0 Å². The fraction of sp³-hybridized carbons (Fsp3) is 0. The molecule has 0 unspecified atom stereocenters. The molecule has 1 aromatic carbocycles. The van der Waals surface area contributed by atoms with Crippen molar-refractivity contribution in [1.82, 2.24) is 4.98 Å². The highest BCUT2D eigenvalue weighted by Crippen LogP contribution is 2.29. The van der Waals surface area contributed by atoms with Crippen molar-refractivity contribution in [2.45, 2.75) is 0 Å². The topological polar surface area (TPSA) is 38.9 Å². The molecule has 0 aliphatic carbocycles. The monoisotopic (exact) mass is 282 g/mol. The highest BCUT2D eigenvalue weighted by molar-refractivity contribution is 9.10. The van der Waals surface area contributed by atoms with Gasteiger partial charge in [-0.05, 0) is 28.1 Å². The van der Waals surface area contributed by atoms with Gasteiger partial charge in [0.05, 0.1) is 10.2 Å². The van der Waals surface area contributed by atoms with Crippen LogP contribution in [-0.4, -0.2) is 4.98 Å². The minimum absolute atomic E-state index is 0.653. The molecule has 0 radical (unpaired) electrons. The maximum absolute atomic E-state index is 6.06. The summed E-state index contributed by atoms with van der Waals surface area (Å²) in [4.78, 5) is 4.26. The first-order valence-electron chi connectivity index (χ1n) is 4.34. The van der Waals surface area contributed by atoms with E-state index in [0.717, 1.165) is 15.7 Å². The van der Waals surface area contributed by atoms with Crippen molar-refractivity contribution in [1.29, 1.82) is 0 Å². The van der Waals surface area contributed by atoms with Crippen molar-refractivity contribution in [3.05, 3.63) is 46.0 Å². The van der Waals surface area contributed by atoms with Crippen LogP contribution in [0, 0.1) is 0 Å². The maximum atomic E-state index is 6.06. The van der Waals surface area contributed by atoms with Gasteiger partial charge in [0, 0.05) is 22.5 Å². The third-order valence-electron chi connectivity index (χ3n) is 2.03. The van der Waals surface area contributed by atoms with E-state index in [9.17, 15) is 0 Å². The van der Waals surface area contributed by atoms with E-state index in [0.29, 0.717) is 10.7 Å². The highest BCUT2D eigenvalue weighted by Gasteiger charge is 2.05. The lowest BCUT2D eigenvalue weighted by Crippen LogP contribution is -1.91. The quantitative estimate of drug-likeness (QED) is 0.866. The molecule has 0 fully saturated rings. The van der Waals surface area contributed by atoms with Crippen molar-refractivity contribution < 1.29 is 0 Å². The Hall–Kier alpha value is -1.06. The van der Waals surface area contributed by atoms with Crippen LogP contribution in [0.1, 0.15) is 0 Å². The molecule has 0 aliphatic heterocycles. The fourth-order valence-corrected chi connectivity index (χ4v) is 1.72.